The number of fused-ring (bicyclic) bond motifs is 1. The first kappa shape index (κ1) is 20.3. The Kier molecular flexibility index (Phi) is 6.14. The molecule has 2 aromatic heterocycles. The number of nitrogens with one attached hydrogen (secondary N) is 2. The van der Waals surface area contributed by atoms with E-state index in [-0.39, 0.29) is 47.9 Å². The molecule has 2 aromatic rings. The van der Waals surface area contributed by atoms with Gasteiger partial charge in [-0.3, -0.25) is 23.9 Å². The van der Waals surface area contributed by atoms with E-state index in [1.165, 1.54) is 4.57 Å². The average molecular weight is 376 g/mol. The second kappa shape index (κ2) is 8.15. The van der Waals surface area contributed by atoms with Gasteiger partial charge in [0.15, 0.2) is 5.65 Å². The highest BCUT2D eigenvalue weighted by molar-refractivity contribution is 6.05. The largest absolute Gasteiger partial charge is 0.481 e. The van der Waals surface area contributed by atoms with Crippen molar-refractivity contribution in [2.45, 2.75) is 46.6 Å². The first-order chi connectivity index (χ1) is 12.6. The summed E-state index contributed by atoms with van der Waals surface area (Å²) in [6.45, 7) is 7.68. The maximum absolute atomic E-state index is 12.7. The number of carbonyl (C=O) groups is 2. The molecule has 0 aromatic carbocycles. The predicted octanol–water partition coefficient (Wildman–Crippen LogP) is 1.07. The van der Waals surface area contributed by atoms with E-state index in [1.807, 2.05) is 13.8 Å². The summed E-state index contributed by atoms with van der Waals surface area (Å²) < 4.78 is 1.31. The fraction of sp³-hybridized carbons (Fsp3) is 0.500. The first-order valence-corrected chi connectivity index (χ1v) is 8.83. The SMILES string of the molecule is CCn1c(=O)[nH]c(=O)c2c(C(=O)NCC(C)CC(=O)O)cc(C(C)C)nc21. The molecule has 9 heteroatoms. The van der Waals surface area contributed by atoms with Gasteiger partial charge in [0.1, 0.15) is 0 Å². The Hall–Kier alpha value is -2.97. The number of aliphatic carboxylic acids is 1. The van der Waals surface area contributed by atoms with Crippen LogP contribution in [-0.4, -0.2) is 38.1 Å². The van der Waals surface area contributed by atoms with Crippen molar-refractivity contribution in [3.63, 3.8) is 0 Å². The molecule has 0 aliphatic carbocycles. The molecule has 3 N–H and O–H groups in total. The summed E-state index contributed by atoms with van der Waals surface area (Å²) in [6, 6.07) is 1.55. The summed E-state index contributed by atoms with van der Waals surface area (Å²) in [7, 11) is 0. The molecule has 0 saturated carbocycles. The molecule has 1 amide bonds. The van der Waals surface area contributed by atoms with Crippen LogP contribution in [0, 0.1) is 5.92 Å². The highest BCUT2D eigenvalue weighted by Crippen LogP contribution is 2.19. The average Bonchev–Trinajstić information content (AvgIpc) is 2.58. The highest BCUT2D eigenvalue weighted by Gasteiger charge is 2.20. The second-order valence-electron chi connectivity index (χ2n) is 6.86. The number of nitrogens with zero attached hydrogens (tertiary/aromatic N) is 2. The smallest absolute Gasteiger partial charge is 0.329 e. The Bertz CT molecular complexity index is 990. The fourth-order valence-electron chi connectivity index (χ4n) is 2.79. The number of aromatic amines is 1. The van der Waals surface area contributed by atoms with Gasteiger partial charge >= 0.3 is 11.7 Å². The van der Waals surface area contributed by atoms with Crippen molar-refractivity contribution in [3.05, 3.63) is 38.2 Å². The Labute approximate surface area is 155 Å². The molecular formula is C18H24N4O5. The van der Waals surface area contributed by atoms with Crippen LogP contribution in [0.2, 0.25) is 0 Å². The van der Waals surface area contributed by atoms with E-state index < -0.39 is 23.1 Å². The number of hydrogen-bond donors (Lipinski definition) is 3. The van der Waals surface area contributed by atoms with Gasteiger partial charge in [-0.2, -0.15) is 0 Å². The molecule has 1 atom stereocenters. The molecule has 146 valence electrons. The molecule has 0 aliphatic rings. The Morgan fingerprint density at radius 3 is 2.52 bits per heavy atom. The summed E-state index contributed by atoms with van der Waals surface area (Å²) in [5, 5.41) is 11.5. The van der Waals surface area contributed by atoms with Crippen LogP contribution < -0.4 is 16.6 Å². The lowest BCUT2D eigenvalue weighted by Gasteiger charge is -2.15. The van der Waals surface area contributed by atoms with Crippen molar-refractivity contribution in [2.24, 2.45) is 5.92 Å². The molecule has 0 aliphatic heterocycles. The van der Waals surface area contributed by atoms with Crippen LogP contribution in [0.15, 0.2) is 15.7 Å². The van der Waals surface area contributed by atoms with Gasteiger partial charge in [-0.1, -0.05) is 20.8 Å². The van der Waals surface area contributed by atoms with E-state index in [0.29, 0.717) is 5.69 Å². The van der Waals surface area contributed by atoms with Crippen LogP contribution in [0.1, 0.15) is 56.1 Å². The number of rotatable bonds is 7. The molecule has 9 nitrogen and oxygen atoms in total. The van der Waals surface area contributed by atoms with Gasteiger partial charge in [-0.25, -0.2) is 9.78 Å². The lowest BCUT2D eigenvalue weighted by Crippen LogP contribution is -2.34. The molecule has 27 heavy (non-hydrogen) atoms. The standard InChI is InChI=1S/C18H24N4O5/c1-5-22-15-14(17(26)21-18(22)27)11(7-12(20-15)9(2)3)16(25)19-8-10(4)6-13(23)24/h7,9-10H,5-6,8H2,1-4H3,(H,19,25)(H,23,24)(H,21,26,27). The van der Waals surface area contributed by atoms with E-state index in [0.717, 1.165) is 0 Å². The second-order valence-corrected chi connectivity index (χ2v) is 6.86. The molecule has 0 radical (unpaired) electrons. The third kappa shape index (κ3) is 4.42. The number of carboxylic acids is 1. The van der Waals surface area contributed by atoms with Crippen molar-refractivity contribution in [3.8, 4) is 0 Å². The minimum absolute atomic E-state index is 0.0217. The Morgan fingerprint density at radius 1 is 1.30 bits per heavy atom. The van der Waals surface area contributed by atoms with Crippen molar-refractivity contribution in [1.29, 1.82) is 0 Å². The zero-order chi connectivity index (χ0) is 20.3. The van der Waals surface area contributed by atoms with Crippen LogP contribution in [-0.2, 0) is 11.3 Å². The topological polar surface area (TPSA) is 134 Å². The lowest BCUT2D eigenvalue weighted by molar-refractivity contribution is -0.137. The van der Waals surface area contributed by atoms with Gasteiger partial charge in [0, 0.05) is 25.2 Å². The van der Waals surface area contributed by atoms with Crippen LogP contribution >= 0.6 is 0 Å². The lowest BCUT2D eigenvalue weighted by atomic mass is 10.0. The number of hydrogen-bond acceptors (Lipinski definition) is 5. The summed E-state index contributed by atoms with van der Waals surface area (Å²) >= 11 is 0. The minimum Gasteiger partial charge on any atom is -0.481 e. The van der Waals surface area contributed by atoms with E-state index >= 15 is 0 Å². The number of aryl methyl sites for hydroxylation is 1. The number of carboxylic acid groups (broad SMARTS) is 1. The third-order valence-electron chi connectivity index (χ3n) is 4.26. The highest BCUT2D eigenvalue weighted by atomic mass is 16.4. The molecule has 2 rings (SSSR count). The number of aromatic nitrogens is 3. The van der Waals surface area contributed by atoms with Crippen LogP contribution in [0.3, 0.4) is 0 Å². The summed E-state index contributed by atoms with van der Waals surface area (Å²) in [6.07, 6.45) is -0.0788. The van der Waals surface area contributed by atoms with Crippen molar-refractivity contribution in [2.75, 3.05) is 6.54 Å². The molecule has 2 heterocycles. The summed E-state index contributed by atoms with van der Waals surface area (Å²) in [5.74, 6) is -1.74. The van der Waals surface area contributed by atoms with Gasteiger partial charge in [0.2, 0.25) is 0 Å². The fourth-order valence-corrected chi connectivity index (χ4v) is 2.79. The molecule has 0 fully saturated rings. The van der Waals surface area contributed by atoms with Crippen molar-refractivity contribution in [1.82, 2.24) is 19.9 Å². The number of carbonyl (C=O) groups excluding carboxylic acids is 1. The summed E-state index contributed by atoms with van der Waals surface area (Å²) in [5.41, 5.74) is -0.384. The molecule has 0 bridgehead atoms. The zero-order valence-corrected chi connectivity index (χ0v) is 15.8. The molecule has 0 saturated heterocycles. The van der Waals surface area contributed by atoms with Gasteiger partial charge in [-0.15, -0.1) is 0 Å². The zero-order valence-electron chi connectivity index (χ0n) is 15.8. The van der Waals surface area contributed by atoms with E-state index in [2.05, 4.69) is 15.3 Å². The van der Waals surface area contributed by atoms with Gasteiger partial charge in [0.05, 0.1) is 10.9 Å². The van der Waals surface area contributed by atoms with Crippen molar-refractivity contribution >= 4 is 22.9 Å². The van der Waals surface area contributed by atoms with Gasteiger partial charge in [0.25, 0.3) is 11.5 Å². The van der Waals surface area contributed by atoms with Crippen LogP contribution in [0.5, 0.6) is 0 Å². The molecular weight excluding hydrogens is 352 g/mol. The summed E-state index contributed by atoms with van der Waals surface area (Å²) in [4.78, 5) is 54.6. The quantitative estimate of drug-likeness (QED) is 0.662. The van der Waals surface area contributed by atoms with Gasteiger partial charge < -0.3 is 10.4 Å². The van der Waals surface area contributed by atoms with E-state index in [9.17, 15) is 19.2 Å². The first-order valence-electron chi connectivity index (χ1n) is 8.83. The van der Waals surface area contributed by atoms with Crippen LogP contribution in [0.4, 0.5) is 0 Å². The number of amides is 1. The maximum atomic E-state index is 12.7. The minimum atomic E-state index is -0.948. The van der Waals surface area contributed by atoms with Crippen molar-refractivity contribution < 1.29 is 14.7 Å². The van der Waals surface area contributed by atoms with E-state index in [4.69, 9.17) is 5.11 Å². The third-order valence-corrected chi connectivity index (χ3v) is 4.26. The monoisotopic (exact) mass is 376 g/mol. The Morgan fingerprint density at radius 2 is 1.96 bits per heavy atom. The van der Waals surface area contributed by atoms with Gasteiger partial charge in [-0.05, 0) is 24.8 Å². The molecule has 1 unspecified atom stereocenters. The van der Waals surface area contributed by atoms with E-state index in [1.54, 1.807) is 19.9 Å². The Balaban J connectivity index is 2.57. The number of H-pyrrole nitrogens is 1. The van der Waals surface area contributed by atoms with Crippen LogP contribution in [0.25, 0.3) is 11.0 Å². The molecule has 0 spiro atoms. The number of pyridine rings is 1. The maximum Gasteiger partial charge on any atom is 0.329 e. The predicted molar refractivity (Wildman–Crippen MR) is 100 cm³/mol. The normalized spacial score (nSPS) is 12.3.